The number of unbranched alkanes of at least 4 members (excludes halogenated alkanes) is 1. The second kappa shape index (κ2) is 43.9. The van der Waals surface area contributed by atoms with Crippen molar-refractivity contribution in [1.29, 1.82) is 0 Å². The topological polar surface area (TPSA) is 552 Å². The molecule has 13 aliphatic heterocycles. The highest BCUT2D eigenvalue weighted by Gasteiger charge is 2.51. The Hall–Kier alpha value is -11.2. The summed E-state index contributed by atoms with van der Waals surface area (Å²) >= 11 is 0. The number of amides is 20. The predicted octanol–water partition coefficient (Wildman–Crippen LogP) is -6.86. The zero-order valence-corrected chi connectivity index (χ0v) is 73.4. The van der Waals surface area contributed by atoms with Gasteiger partial charge >= 0.3 is 5.97 Å². The number of carbonyl (C=O) groups is 21. The number of hydrogen-bond acceptors (Lipinski definition) is 23. The lowest BCUT2D eigenvalue weighted by atomic mass is 10.1. The second-order valence-corrected chi connectivity index (χ2v) is 36.0. The maximum atomic E-state index is 14.5. The molecule has 12 N–H and O–H groups in total. The highest BCUT2D eigenvalue weighted by molar-refractivity contribution is 6.02. The van der Waals surface area contributed by atoms with E-state index in [-0.39, 0.29) is 135 Å². The molecule has 13 aliphatic rings. The van der Waals surface area contributed by atoms with Gasteiger partial charge in [0.1, 0.15) is 85.1 Å². The van der Waals surface area contributed by atoms with Gasteiger partial charge in [-0.25, -0.2) is 0 Å². The van der Waals surface area contributed by atoms with E-state index in [0.717, 1.165) is 13.0 Å². The molecule has 44 nitrogen and oxygen atoms in total. The van der Waals surface area contributed by atoms with Crippen LogP contribution in [0.25, 0.3) is 0 Å². The van der Waals surface area contributed by atoms with Crippen LogP contribution in [0.4, 0.5) is 0 Å². The van der Waals surface area contributed by atoms with Crippen LogP contribution >= 0.6 is 0 Å². The third-order valence-electron chi connectivity index (χ3n) is 28.0. The highest BCUT2D eigenvalue weighted by Crippen LogP contribution is 2.33. The van der Waals surface area contributed by atoms with E-state index < -0.39 is 236 Å². The lowest BCUT2D eigenvalue weighted by Gasteiger charge is -2.32. The molecule has 0 spiro atoms. The lowest BCUT2D eigenvalue weighted by Crippen LogP contribution is -2.57. The molecule has 0 bridgehead atoms. The number of aliphatic carboxylic acids is 1. The van der Waals surface area contributed by atoms with Crippen LogP contribution in [0, 0.1) is 0 Å². The van der Waals surface area contributed by atoms with Crippen molar-refractivity contribution in [1.82, 2.24) is 107 Å². The minimum Gasteiger partial charge on any atom is -0.480 e. The molecule has 13 rings (SSSR count). The lowest BCUT2D eigenvalue weighted by molar-refractivity contribution is -0.148. The fraction of sp³-hybridized carbons (Fsp3) is 0.753. The zero-order valence-electron chi connectivity index (χ0n) is 73.4. The average molecular weight is 1810 g/mol. The summed E-state index contributed by atoms with van der Waals surface area (Å²) in [5.41, 5.74) is 5.76. The minimum atomic E-state index is -1.24. The Morgan fingerprint density at radius 2 is 0.488 bits per heavy atom. The summed E-state index contributed by atoms with van der Waals surface area (Å²) in [5.74, 6) is -11.8. The summed E-state index contributed by atoms with van der Waals surface area (Å²) in [6, 6.07) is -12.7. The quantitative estimate of drug-likeness (QED) is 0.0272. The van der Waals surface area contributed by atoms with Crippen molar-refractivity contribution in [2.24, 2.45) is 5.73 Å². The molecule has 0 aromatic carbocycles. The maximum Gasteiger partial charge on any atom is 0.322 e. The number of likely N-dealkylation sites (tertiary alicyclic amines) is 12. The molecular formula is C85H126N22O22. The van der Waals surface area contributed by atoms with E-state index in [1.54, 1.807) is 4.90 Å². The van der Waals surface area contributed by atoms with Crippen LogP contribution in [0.15, 0.2) is 0 Å². The number of carboxylic acid groups (broad SMARTS) is 1. The van der Waals surface area contributed by atoms with Gasteiger partial charge < -0.3 is 117 Å². The normalized spacial score (nSPS) is 26.9. The molecule has 0 aromatic heterocycles. The van der Waals surface area contributed by atoms with Crippen molar-refractivity contribution in [2.45, 2.75) is 271 Å². The molecule has 13 fully saturated rings. The van der Waals surface area contributed by atoms with Gasteiger partial charge in [-0.1, -0.05) is 0 Å². The van der Waals surface area contributed by atoms with Crippen LogP contribution in [-0.4, -0.2) is 410 Å². The van der Waals surface area contributed by atoms with Crippen molar-refractivity contribution < 1.29 is 106 Å². The van der Waals surface area contributed by atoms with Gasteiger partial charge in [-0.05, 0) is 199 Å². The zero-order chi connectivity index (χ0) is 91.9. The number of carboxylic acids is 1. The summed E-state index contributed by atoms with van der Waals surface area (Å²) < 4.78 is 0. The van der Waals surface area contributed by atoms with Gasteiger partial charge in [-0.2, -0.15) is 0 Å². The number of nitrogens with two attached hydrogens (primary N) is 1. The van der Waals surface area contributed by atoms with E-state index >= 15 is 0 Å². The van der Waals surface area contributed by atoms with Gasteiger partial charge in [-0.3, -0.25) is 101 Å². The number of rotatable bonds is 33. The molecule has 129 heavy (non-hydrogen) atoms. The van der Waals surface area contributed by atoms with E-state index in [1.807, 2.05) is 0 Å². The summed E-state index contributed by atoms with van der Waals surface area (Å²) in [6.45, 7) is 0.161. The highest BCUT2D eigenvalue weighted by atomic mass is 16.4. The summed E-state index contributed by atoms with van der Waals surface area (Å²) in [6.07, 6.45) is 11.9. The van der Waals surface area contributed by atoms with Gasteiger partial charge in [0.25, 0.3) is 0 Å². The van der Waals surface area contributed by atoms with Crippen LogP contribution in [-0.2, 0) is 101 Å². The van der Waals surface area contributed by atoms with Crippen molar-refractivity contribution >= 4 is 124 Å². The Morgan fingerprint density at radius 3 is 0.736 bits per heavy atom. The summed E-state index contributed by atoms with van der Waals surface area (Å²) in [4.78, 5) is 306. The van der Waals surface area contributed by atoms with E-state index in [9.17, 15) is 101 Å². The predicted molar refractivity (Wildman–Crippen MR) is 451 cm³/mol. The van der Waals surface area contributed by atoms with E-state index in [2.05, 4.69) is 47.9 Å². The van der Waals surface area contributed by atoms with Crippen LogP contribution in [0.2, 0.25) is 0 Å². The Bertz CT molecular complexity index is 4300. The summed E-state index contributed by atoms with van der Waals surface area (Å²) in [5, 5.41) is 33.3. The van der Waals surface area contributed by atoms with Gasteiger partial charge in [0.15, 0.2) is 0 Å². The second-order valence-electron chi connectivity index (χ2n) is 36.0. The molecule has 0 aromatic rings. The van der Waals surface area contributed by atoms with Crippen molar-refractivity contribution in [3.63, 3.8) is 0 Å². The van der Waals surface area contributed by atoms with Crippen molar-refractivity contribution in [3.8, 4) is 0 Å². The monoisotopic (exact) mass is 1810 g/mol. The molecule has 0 aliphatic carbocycles. The number of nitrogens with one attached hydrogen (secondary N) is 9. The summed E-state index contributed by atoms with van der Waals surface area (Å²) in [7, 11) is 0. The average Bonchev–Trinajstić information content (AvgIpc) is 1.64. The van der Waals surface area contributed by atoms with Crippen LogP contribution in [0.5, 0.6) is 0 Å². The third kappa shape index (κ3) is 22.1. The molecule has 20 amide bonds. The smallest absolute Gasteiger partial charge is 0.322 e. The first-order valence-corrected chi connectivity index (χ1v) is 46.6. The number of hydrogen-bond donors (Lipinski definition) is 11. The fourth-order valence-electron chi connectivity index (χ4n) is 21.4. The molecule has 14 atom stereocenters. The standard InChI is InChI=1S/C85H126N22O22/c86-30-2-1-16-51(72(116)88-44-66(109)97-33-11-25-60(97)85(129)107-43-10-23-58(107)78(122)94-50-71(114)115)95-79(123)59-24-4-32-96(59)65(108)45-89-74(118)54-19-6-39-103(54)81(125)62-27-13-35-99(62)68(111)47-91-76(120)56-21-8-41-105(56)83(127)64-29-15-37-101(64)70(113)49-93-77(121)57-22-9-42-106(57)84(128)63-28-14-36-100(63)69(112)48-92-75(119)55-20-7-40-104(55)82(126)61-26-12-34-98(61)67(110)46-90-73(117)53-18-5-38-102(53)80(124)52-17-3-31-87-52/h51-64,87H,1-50,86H2,(H,88,116)(H,89,118)(H,90,117)(H,91,120)(H,92,119)(H,93,121)(H,94,122)(H,95,123)(H,114,115)/t51-,52-,53-,54-,55-,56-,57-,58-,59-,60-,61-,62-,63-,64-/m0/s1. The number of carbonyl (C=O) groups excluding carboxylic acids is 20. The van der Waals surface area contributed by atoms with Gasteiger partial charge in [0.05, 0.1) is 45.3 Å². The molecule has 44 heteroatoms. The minimum absolute atomic E-state index is 0.123. The van der Waals surface area contributed by atoms with E-state index in [0.29, 0.717) is 148 Å². The van der Waals surface area contributed by atoms with Crippen LogP contribution in [0.1, 0.15) is 186 Å². The fourth-order valence-corrected chi connectivity index (χ4v) is 21.4. The van der Waals surface area contributed by atoms with E-state index in [4.69, 9.17) is 10.8 Å². The Labute approximate surface area is 747 Å². The molecule has 13 heterocycles. The van der Waals surface area contributed by atoms with Gasteiger partial charge in [0, 0.05) is 78.5 Å². The number of nitrogens with zero attached hydrogens (tertiary/aromatic N) is 12. The SMILES string of the molecule is NCCCC[C@H](NC(=O)[C@@H]1CCCN1C(=O)CNC(=O)[C@@H]1CCCN1C(=O)[C@@H]1CCCN1C(=O)CNC(=O)[C@@H]1CCCN1C(=O)[C@@H]1CCCN1C(=O)CNC(=O)[C@@H]1CCCN1C(=O)[C@@H]1CCCN1C(=O)CNC(=O)[C@@H]1CCCN1C(=O)[C@@H]1CCCN1C(=O)CNC(=O)[C@@H]1CCCN1C(=O)[C@@H]1CCCN1)C(=O)NCC(=O)N1CCC[C@H]1C(=O)N1CCC[C@H]1C(=O)NCC(=O)O. The van der Waals surface area contributed by atoms with Crippen molar-refractivity contribution in [3.05, 3.63) is 0 Å². The first kappa shape index (κ1) is 95.4. The van der Waals surface area contributed by atoms with E-state index in [1.165, 1.54) is 53.9 Å². The van der Waals surface area contributed by atoms with Crippen molar-refractivity contribution in [2.75, 3.05) is 137 Å². The van der Waals surface area contributed by atoms with Crippen LogP contribution < -0.4 is 53.6 Å². The Morgan fingerprint density at radius 1 is 0.264 bits per heavy atom. The third-order valence-corrected chi connectivity index (χ3v) is 28.0. The Balaban J connectivity index is 0.520. The van der Waals surface area contributed by atoms with Gasteiger partial charge in [-0.15, -0.1) is 0 Å². The molecule has 708 valence electrons. The molecule has 0 unspecified atom stereocenters. The molecular weight excluding hydrogens is 1680 g/mol. The Kier molecular flexibility index (Phi) is 32.5. The molecule has 0 radical (unpaired) electrons. The molecule has 13 saturated heterocycles. The van der Waals surface area contributed by atoms with Gasteiger partial charge in [0.2, 0.25) is 118 Å². The van der Waals surface area contributed by atoms with Crippen LogP contribution in [0.3, 0.4) is 0 Å². The first-order valence-electron chi connectivity index (χ1n) is 46.6. The molecule has 0 saturated carbocycles. The largest absolute Gasteiger partial charge is 0.480 e. The maximum absolute atomic E-state index is 14.5. The first-order chi connectivity index (χ1) is 62.1.